The summed E-state index contributed by atoms with van der Waals surface area (Å²) in [5.74, 6) is 0.868. The zero-order valence-corrected chi connectivity index (χ0v) is 28.8. The number of aryl methyl sites for hydroxylation is 2. The van der Waals surface area contributed by atoms with Gasteiger partial charge in [-0.25, -0.2) is 22.9 Å². The summed E-state index contributed by atoms with van der Waals surface area (Å²) in [6.07, 6.45) is 4.33. The quantitative estimate of drug-likeness (QED) is 0.303. The number of amides is 1. The number of methoxy groups -OCH3 is 1. The van der Waals surface area contributed by atoms with Gasteiger partial charge in [-0.2, -0.15) is 4.98 Å². The van der Waals surface area contributed by atoms with Crippen LogP contribution in [0.4, 0.5) is 10.7 Å². The van der Waals surface area contributed by atoms with Gasteiger partial charge >= 0.3 is 6.09 Å². The maximum atomic E-state index is 13.8. The number of rotatable bonds is 4. The lowest BCUT2D eigenvalue weighted by molar-refractivity contribution is -0.102. The van der Waals surface area contributed by atoms with Crippen molar-refractivity contribution in [2.24, 2.45) is 22.7 Å². The van der Waals surface area contributed by atoms with Gasteiger partial charge in [-0.3, -0.25) is 0 Å². The highest BCUT2D eigenvalue weighted by molar-refractivity contribution is 7.92. The molecule has 2 N–H and O–H groups in total. The van der Waals surface area contributed by atoms with Gasteiger partial charge in [-0.1, -0.05) is 51.1 Å². The number of aromatic nitrogens is 2. The van der Waals surface area contributed by atoms with E-state index in [1.165, 1.54) is 7.11 Å². The number of nitrogens with zero attached hydrogens (tertiary/aromatic N) is 2. The first-order valence-corrected chi connectivity index (χ1v) is 17.6. The Balaban J connectivity index is 1.38. The first-order chi connectivity index (χ1) is 21.6. The maximum absolute atomic E-state index is 13.8. The van der Waals surface area contributed by atoms with Crippen LogP contribution in [0.15, 0.2) is 53.4 Å². The van der Waals surface area contributed by atoms with E-state index in [0.717, 1.165) is 54.4 Å². The molecule has 1 unspecified atom stereocenters. The van der Waals surface area contributed by atoms with Crippen molar-refractivity contribution in [2.75, 3.05) is 18.4 Å². The topological polar surface area (TPSA) is 120 Å². The van der Waals surface area contributed by atoms with E-state index < -0.39 is 16.1 Å². The van der Waals surface area contributed by atoms with Gasteiger partial charge in [0.15, 0.2) is 0 Å². The fourth-order valence-corrected chi connectivity index (χ4v) is 9.74. The van der Waals surface area contributed by atoms with Gasteiger partial charge in [-0.15, -0.1) is 0 Å². The third-order valence-corrected chi connectivity index (χ3v) is 11.4. The van der Waals surface area contributed by atoms with E-state index in [9.17, 15) is 13.2 Å². The molecule has 9 nitrogen and oxygen atoms in total. The normalized spacial score (nSPS) is 28.3. The molecule has 2 heterocycles. The third-order valence-electron chi connectivity index (χ3n) is 10.1. The molecule has 1 aromatic heterocycles. The summed E-state index contributed by atoms with van der Waals surface area (Å²) in [6.45, 7) is 13.3. The SMILES string of the molecule is COC(=O)NC1(C)CC2(CC(C3c4cccc(c4)S(=O)(=O)Nc4nc(cc(-c5c(C)cccc5C)n4)OC[C@H]3CC(C)(C)C)C2)C1. The summed E-state index contributed by atoms with van der Waals surface area (Å²) in [6, 6.07) is 15.2. The van der Waals surface area contributed by atoms with Gasteiger partial charge < -0.3 is 14.8 Å². The Morgan fingerprint density at radius 2 is 1.74 bits per heavy atom. The lowest BCUT2D eigenvalue weighted by atomic mass is 9.43. The first kappa shape index (κ1) is 32.3. The van der Waals surface area contributed by atoms with E-state index in [0.29, 0.717) is 24.1 Å². The molecule has 1 aliphatic heterocycles. The Morgan fingerprint density at radius 1 is 1.07 bits per heavy atom. The second kappa shape index (κ2) is 11.5. The number of carbonyl (C=O) groups excluding carboxylic acids is 1. The maximum Gasteiger partial charge on any atom is 0.407 e. The summed E-state index contributed by atoms with van der Waals surface area (Å²) >= 11 is 0. The molecule has 3 aromatic rings. The van der Waals surface area contributed by atoms with E-state index in [2.05, 4.69) is 53.8 Å². The molecule has 2 aliphatic carbocycles. The van der Waals surface area contributed by atoms with Gasteiger partial charge in [0, 0.05) is 23.1 Å². The molecule has 6 rings (SSSR count). The minimum atomic E-state index is -3.98. The molecule has 46 heavy (non-hydrogen) atoms. The number of anilines is 1. The Kier molecular flexibility index (Phi) is 8.10. The number of carbonyl (C=O) groups is 1. The number of fused-ring (bicyclic) bond motifs is 4. The molecule has 2 fully saturated rings. The minimum Gasteiger partial charge on any atom is -0.477 e. The third kappa shape index (κ3) is 6.46. The number of nitrogens with one attached hydrogen (secondary N) is 2. The van der Waals surface area contributed by atoms with Crippen molar-refractivity contribution in [3.05, 3.63) is 65.2 Å². The summed E-state index contributed by atoms with van der Waals surface area (Å²) in [5, 5.41) is 3.02. The van der Waals surface area contributed by atoms with Crippen LogP contribution in [0.1, 0.15) is 82.4 Å². The van der Waals surface area contributed by atoms with E-state index in [4.69, 9.17) is 9.47 Å². The Bertz CT molecular complexity index is 1730. The van der Waals surface area contributed by atoms with Crippen molar-refractivity contribution >= 4 is 22.1 Å². The average Bonchev–Trinajstić information content (AvgIpc) is 2.92. The summed E-state index contributed by atoms with van der Waals surface area (Å²) in [5.41, 5.74) is 4.54. The molecule has 10 heteroatoms. The molecule has 1 spiro atoms. The van der Waals surface area contributed by atoms with Gasteiger partial charge in [0.25, 0.3) is 10.0 Å². The van der Waals surface area contributed by atoms with Crippen LogP contribution in [0, 0.1) is 36.5 Å². The molecule has 4 bridgehead atoms. The fourth-order valence-electron chi connectivity index (χ4n) is 8.74. The minimum absolute atomic E-state index is 0.00968. The molecule has 2 atom stereocenters. The smallest absolute Gasteiger partial charge is 0.407 e. The van der Waals surface area contributed by atoms with Crippen LogP contribution in [-0.2, 0) is 14.8 Å². The fraction of sp³-hybridized carbons (Fsp3) is 0.528. The van der Waals surface area contributed by atoms with Crippen molar-refractivity contribution in [3.63, 3.8) is 0 Å². The van der Waals surface area contributed by atoms with E-state index in [-0.39, 0.29) is 39.0 Å². The van der Waals surface area contributed by atoms with E-state index in [1.54, 1.807) is 6.07 Å². The first-order valence-electron chi connectivity index (χ1n) is 16.2. The van der Waals surface area contributed by atoms with Crippen LogP contribution in [0.2, 0.25) is 0 Å². The highest BCUT2D eigenvalue weighted by Gasteiger charge is 2.60. The van der Waals surface area contributed by atoms with Gasteiger partial charge in [0.05, 0.1) is 24.3 Å². The number of hydrogen-bond donors (Lipinski definition) is 2. The zero-order valence-electron chi connectivity index (χ0n) is 27.9. The molecule has 2 aromatic carbocycles. The number of alkyl carbamates (subject to hydrolysis) is 1. The van der Waals surface area contributed by atoms with Crippen LogP contribution in [0.3, 0.4) is 0 Å². The molecule has 0 radical (unpaired) electrons. The number of benzene rings is 2. The summed E-state index contributed by atoms with van der Waals surface area (Å²) in [7, 11) is -2.59. The van der Waals surface area contributed by atoms with Gasteiger partial charge in [0.2, 0.25) is 11.8 Å². The van der Waals surface area contributed by atoms with Gasteiger partial charge in [0.1, 0.15) is 0 Å². The Morgan fingerprint density at radius 3 is 2.39 bits per heavy atom. The second-order valence-electron chi connectivity index (χ2n) is 15.4. The van der Waals surface area contributed by atoms with E-state index in [1.807, 2.05) is 50.2 Å². The monoisotopic (exact) mass is 646 g/mol. The Hall–Kier alpha value is -3.66. The Labute approximate surface area is 273 Å². The lowest BCUT2D eigenvalue weighted by Gasteiger charge is -2.64. The second-order valence-corrected chi connectivity index (χ2v) is 17.1. The van der Waals surface area contributed by atoms with Crippen molar-refractivity contribution in [2.45, 2.75) is 90.0 Å². The predicted octanol–water partition coefficient (Wildman–Crippen LogP) is 7.39. The van der Waals surface area contributed by atoms with Crippen LogP contribution in [-0.4, -0.2) is 43.7 Å². The molecule has 1 amide bonds. The molecular formula is C36H46N4O5S. The van der Waals surface area contributed by atoms with Gasteiger partial charge in [-0.05, 0) is 104 Å². The summed E-state index contributed by atoms with van der Waals surface area (Å²) < 4.78 is 41.7. The molecule has 0 saturated heterocycles. The number of ether oxygens (including phenoxy) is 2. The van der Waals surface area contributed by atoms with Crippen molar-refractivity contribution in [3.8, 4) is 17.1 Å². The van der Waals surface area contributed by atoms with Crippen molar-refractivity contribution in [1.82, 2.24) is 15.3 Å². The highest BCUT2D eigenvalue weighted by Crippen LogP contribution is 2.66. The largest absolute Gasteiger partial charge is 0.477 e. The average molecular weight is 647 g/mol. The van der Waals surface area contributed by atoms with Crippen LogP contribution in [0.25, 0.3) is 11.3 Å². The lowest BCUT2D eigenvalue weighted by Crippen LogP contribution is -2.64. The van der Waals surface area contributed by atoms with Crippen LogP contribution in [0.5, 0.6) is 5.88 Å². The van der Waals surface area contributed by atoms with E-state index >= 15 is 0 Å². The van der Waals surface area contributed by atoms with Crippen molar-refractivity contribution in [1.29, 1.82) is 0 Å². The predicted molar refractivity (Wildman–Crippen MR) is 178 cm³/mol. The summed E-state index contributed by atoms with van der Waals surface area (Å²) in [4.78, 5) is 21.3. The highest BCUT2D eigenvalue weighted by atomic mass is 32.2. The zero-order chi connectivity index (χ0) is 33.1. The van der Waals surface area contributed by atoms with Crippen LogP contribution < -0.4 is 14.8 Å². The van der Waals surface area contributed by atoms with Crippen LogP contribution >= 0.6 is 0 Å². The number of sulfonamides is 1. The molecular weight excluding hydrogens is 600 g/mol. The van der Waals surface area contributed by atoms with Crippen molar-refractivity contribution < 1.29 is 22.7 Å². The molecule has 246 valence electrons. The molecule has 2 saturated carbocycles. The standard InChI is InChI=1S/C36H46N4O5S/c1-22-10-8-11-23(2)30(22)28-15-29-38-32(37-28)40-46(42,43)27-13-9-12-24(14-27)31(26(19-45-29)16-34(3,4)5)25-17-36(18-25)20-35(6,21-36)39-33(41)44-7/h8-15,25-26,31H,16-21H2,1-7H3,(H,39,41)(H,37,38,40)/t25?,26-,31?,35?,36?/m1/s1. The molecule has 3 aliphatic rings. The number of hydrogen-bond acceptors (Lipinski definition) is 7.